The zero-order valence-corrected chi connectivity index (χ0v) is 19.1. The van der Waals surface area contributed by atoms with Gasteiger partial charge in [-0.05, 0) is 31.9 Å². The zero-order valence-electron chi connectivity index (χ0n) is 18.3. The van der Waals surface area contributed by atoms with Gasteiger partial charge in [-0.2, -0.15) is 0 Å². The fraction of sp³-hybridized carbons (Fsp3) is 0.455. The van der Waals surface area contributed by atoms with Gasteiger partial charge in [0, 0.05) is 36.0 Å². The molecule has 170 valence electrons. The van der Waals surface area contributed by atoms with Crippen molar-refractivity contribution in [1.82, 2.24) is 19.9 Å². The number of hydrogen-bond donors (Lipinski definition) is 2. The molecule has 0 amide bonds. The van der Waals surface area contributed by atoms with E-state index in [-0.39, 0.29) is 6.42 Å². The first-order valence-electron chi connectivity index (χ1n) is 10.6. The largest absolute Gasteiger partial charge is 0.493 e. The number of carbonyl (C=O) groups is 1. The lowest BCUT2D eigenvalue weighted by molar-refractivity contribution is -0.136. The minimum atomic E-state index is -0.898. The number of morpholine rings is 1. The lowest BCUT2D eigenvalue weighted by Crippen LogP contribution is -2.37. The van der Waals surface area contributed by atoms with Gasteiger partial charge in [0.25, 0.3) is 0 Å². The van der Waals surface area contributed by atoms with Crippen LogP contribution in [-0.4, -0.2) is 70.4 Å². The quantitative estimate of drug-likeness (QED) is 0.468. The normalized spacial score (nSPS) is 14.6. The van der Waals surface area contributed by atoms with E-state index in [9.17, 15) is 4.79 Å². The molecule has 3 aromatic rings. The number of carboxylic acids is 1. The fourth-order valence-corrected chi connectivity index (χ4v) is 4.46. The number of thiazole rings is 1. The second kappa shape index (κ2) is 10.2. The van der Waals surface area contributed by atoms with Crippen LogP contribution in [0.15, 0.2) is 18.5 Å². The van der Waals surface area contributed by atoms with E-state index in [1.165, 1.54) is 17.7 Å². The summed E-state index contributed by atoms with van der Waals surface area (Å²) >= 11 is 1.41. The topological polar surface area (TPSA) is 110 Å². The Bertz CT molecular complexity index is 1100. The van der Waals surface area contributed by atoms with Gasteiger partial charge in [-0.1, -0.05) is 0 Å². The van der Waals surface area contributed by atoms with Gasteiger partial charge < -0.3 is 19.9 Å². The van der Waals surface area contributed by atoms with Crippen molar-refractivity contribution in [1.29, 1.82) is 0 Å². The van der Waals surface area contributed by atoms with Crippen molar-refractivity contribution in [3.63, 3.8) is 0 Å². The Morgan fingerprint density at radius 1 is 1.28 bits per heavy atom. The third-order valence-electron chi connectivity index (χ3n) is 5.35. The number of hydrogen-bond acceptors (Lipinski definition) is 9. The molecule has 4 rings (SSSR count). The molecular formula is C22H27N5O4S. The summed E-state index contributed by atoms with van der Waals surface area (Å²) < 4.78 is 11.4. The van der Waals surface area contributed by atoms with E-state index in [1.54, 1.807) is 0 Å². The highest BCUT2D eigenvalue weighted by Crippen LogP contribution is 2.31. The van der Waals surface area contributed by atoms with Crippen LogP contribution in [-0.2, 0) is 16.0 Å². The molecule has 1 aromatic carbocycles. The zero-order chi connectivity index (χ0) is 22.5. The Morgan fingerprint density at radius 3 is 2.88 bits per heavy atom. The summed E-state index contributed by atoms with van der Waals surface area (Å²) in [6.07, 6.45) is 2.36. The number of fused-ring (bicyclic) bond motifs is 1. The molecule has 1 aliphatic heterocycles. The monoisotopic (exact) mass is 457 g/mol. The standard InChI is InChI=1S/C22H27N5O4S/c1-14-10-16-18(11-19(14)31-7-3-4-27-5-8-30-9-6-27)23-13-24-21(16)26-22-25-17(12-20(28)29)15(2)32-22/h10-11,13H,3-9,12H2,1-2H3,(H,28,29)(H,23,24,25,26). The predicted molar refractivity (Wildman–Crippen MR) is 123 cm³/mol. The molecule has 1 saturated heterocycles. The summed E-state index contributed by atoms with van der Waals surface area (Å²) in [7, 11) is 0. The number of nitrogens with zero attached hydrogens (tertiary/aromatic N) is 4. The van der Waals surface area contributed by atoms with Crippen molar-refractivity contribution in [2.75, 3.05) is 44.8 Å². The average Bonchev–Trinajstić information content (AvgIpc) is 3.10. The van der Waals surface area contributed by atoms with E-state index in [0.29, 0.717) is 23.3 Å². The number of aryl methyl sites for hydroxylation is 2. The van der Waals surface area contributed by atoms with Crippen LogP contribution in [0.25, 0.3) is 10.9 Å². The third kappa shape index (κ3) is 5.50. The maximum Gasteiger partial charge on any atom is 0.309 e. The predicted octanol–water partition coefficient (Wildman–Crippen LogP) is 3.17. The van der Waals surface area contributed by atoms with Gasteiger partial charge in [0.1, 0.15) is 17.9 Å². The highest BCUT2D eigenvalue weighted by Gasteiger charge is 2.14. The van der Waals surface area contributed by atoms with Crippen LogP contribution in [0.2, 0.25) is 0 Å². The average molecular weight is 458 g/mol. The van der Waals surface area contributed by atoms with Crippen molar-refractivity contribution in [3.05, 3.63) is 34.6 Å². The Kier molecular flexibility index (Phi) is 7.13. The van der Waals surface area contributed by atoms with E-state index >= 15 is 0 Å². The highest BCUT2D eigenvalue weighted by atomic mass is 32.1. The molecule has 2 aromatic heterocycles. The number of benzene rings is 1. The summed E-state index contributed by atoms with van der Waals surface area (Å²) in [5, 5.41) is 13.7. The number of rotatable bonds is 9. The molecule has 2 N–H and O–H groups in total. The SMILES string of the molecule is Cc1cc2c(Nc3nc(CC(=O)O)c(C)s3)ncnc2cc1OCCCN1CCOCC1. The lowest BCUT2D eigenvalue weighted by atomic mass is 10.1. The second-order valence-corrected chi connectivity index (χ2v) is 8.93. The van der Waals surface area contributed by atoms with E-state index in [0.717, 1.165) is 66.4 Å². The smallest absolute Gasteiger partial charge is 0.309 e. The molecule has 0 atom stereocenters. The molecule has 0 saturated carbocycles. The lowest BCUT2D eigenvalue weighted by Gasteiger charge is -2.26. The van der Waals surface area contributed by atoms with Gasteiger partial charge in [-0.3, -0.25) is 9.69 Å². The Morgan fingerprint density at radius 2 is 2.09 bits per heavy atom. The minimum absolute atomic E-state index is 0.0973. The molecule has 10 heteroatoms. The molecule has 0 spiro atoms. The third-order valence-corrected chi connectivity index (χ3v) is 6.28. The molecule has 0 aliphatic carbocycles. The van der Waals surface area contributed by atoms with E-state index < -0.39 is 5.97 Å². The molecule has 3 heterocycles. The van der Waals surface area contributed by atoms with Gasteiger partial charge in [-0.15, -0.1) is 11.3 Å². The number of carboxylic acid groups (broad SMARTS) is 1. The first-order chi connectivity index (χ1) is 15.5. The Balaban J connectivity index is 1.44. The first kappa shape index (κ1) is 22.4. The van der Waals surface area contributed by atoms with Crippen LogP contribution in [0.1, 0.15) is 22.6 Å². The molecular weight excluding hydrogens is 430 g/mol. The summed E-state index contributed by atoms with van der Waals surface area (Å²) in [5.41, 5.74) is 2.34. The molecule has 9 nitrogen and oxygen atoms in total. The number of aromatic nitrogens is 3. The maximum atomic E-state index is 11.0. The van der Waals surface area contributed by atoms with Crippen LogP contribution in [0.4, 0.5) is 10.9 Å². The van der Waals surface area contributed by atoms with Gasteiger partial charge in [0.2, 0.25) is 0 Å². The van der Waals surface area contributed by atoms with E-state index in [2.05, 4.69) is 25.2 Å². The van der Waals surface area contributed by atoms with E-state index in [1.807, 2.05) is 26.0 Å². The van der Waals surface area contributed by atoms with Crippen molar-refractivity contribution in [2.24, 2.45) is 0 Å². The van der Waals surface area contributed by atoms with Crippen LogP contribution in [0, 0.1) is 13.8 Å². The van der Waals surface area contributed by atoms with Crippen LogP contribution >= 0.6 is 11.3 Å². The maximum absolute atomic E-state index is 11.0. The molecule has 0 radical (unpaired) electrons. The van der Waals surface area contributed by atoms with Crippen LogP contribution < -0.4 is 10.1 Å². The number of ether oxygens (including phenoxy) is 2. The highest BCUT2D eigenvalue weighted by molar-refractivity contribution is 7.15. The van der Waals surface area contributed by atoms with Gasteiger partial charge in [0.15, 0.2) is 5.13 Å². The van der Waals surface area contributed by atoms with Crippen molar-refractivity contribution >= 4 is 39.2 Å². The van der Waals surface area contributed by atoms with Crippen molar-refractivity contribution in [3.8, 4) is 5.75 Å². The van der Waals surface area contributed by atoms with Gasteiger partial charge in [-0.25, -0.2) is 15.0 Å². The fourth-order valence-electron chi connectivity index (χ4n) is 3.63. The minimum Gasteiger partial charge on any atom is -0.493 e. The summed E-state index contributed by atoms with van der Waals surface area (Å²) in [6.45, 7) is 9.10. The first-order valence-corrected chi connectivity index (χ1v) is 11.4. The summed E-state index contributed by atoms with van der Waals surface area (Å²) in [5.74, 6) is 0.552. The molecule has 32 heavy (non-hydrogen) atoms. The van der Waals surface area contributed by atoms with Crippen molar-refractivity contribution in [2.45, 2.75) is 26.7 Å². The Labute approximate surface area is 190 Å². The number of nitrogens with one attached hydrogen (secondary N) is 1. The summed E-state index contributed by atoms with van der Waals surface area (Å²) in [6, 6.07) is 3.95. The number of anilines is 2. The molecule has 0 unspecified atom stereocenters. The van der Waals surface area contributed by atoms with Crippen molar-refractivity contribution < 1.29 is 19.4 Å². The molecule has 0 bridgehead atoms. The molecule has 1 aliphatic rings. The summed E-state index contributed by atoms with van der Waals surface area (Å²) in [4.78, 5) is 27.5. The molecule has 1 fully saturated rings. The second-order valence-electron chi connectivity index (χ2n) is 7.73. The van der Waals surface area contributed by atoms with Crippen LogP contribution in [0.5, 0.6) is 5.75 Å². The van der Waals surface area contributed by atoms with Gasteiger partial charge in [0.05, 0.1) is 37.5 Å². The van der Waals surface area contributed by atoms with E-state index in [4.69, 9.17) is 14.6 Å². The number of aliphatic carboxylic acids is 1. The van der Waals surface area contributed by atoms with Gasteiger partial charge >= 0.3 is 5.97 Å². The Hall–Kier alpha value is -2.82. The van der Waals surface area contributed by atoms with Crippen LogP contribution in [0.3, 0.4) is 0 Å².